The summed E-state index contributed by atoms with van der Waals surface area (Å²) < 4.78 is 26.2. The summed E-state index contributed by atoms with van der Waals surface area (Å²) in [5.41, 5.74) is 3.49. The summed E-state index contributed by atoms with van der Waals surface area (Å²) in [6, 6.07) is 11.2. The van der Waals surface area contributed by atoms with Gasteiger partial charge in [0.15, 0.2) is 11.6 Å². The van der Waals surface area contributed by atoms with E-state index in [9.17, 15) is 9.50 Å². The minimum Gasteiger partial charge on any atom is -0.508 e. The number of likely N-dealkylation sites (N-methyl/N-ethyl adjacent to an activating group) is 2. The highest BCUT2D eigenvalue weighted by Gasteiger charge is 2.34. The molecule has 2 aliphatic carbocycles. The number of benzene rings is 2. The summed E-state index contributed by atoms with van der Waals surface area (Å²) in [4.78, 5) is 4.54. The van der Waals surface area contributed by atoms with Gasteiger partial charge in [-0.2, -0.15) is 0 Å². The molecule has 5 nitrogen and oxygen atoms in total. The van der Waals surface area contributed by atoms with E-state index >= 15 is 0 Å². The molecule has 6 heteroatoms. The molecule has 0 heterocycles. The average Bonchev–Trinajstić information content (AvgIpc) is 2.91. The van der Waals surface area contributed by atoms with Crippen LogP contribution in [0.1, 0.15) is 37.0 Å². The second-order valence-corrected chi connectivity index (χ2v) is 10.2. The Labute approximate surface area is 221 Å². The molecule has 0 saturated heterocycles. The number of hydrogen-bond donors (Lipinski definition) is 1. The minimum absolute atomic E-state index is 0.136. The fourth-order valence-corrected chi connectivity index (χ4v) is 5.72. The Balaban J connectivity index is 1.43. The molecule has 4 rings (SSSR count). The van der Waals surface area contributed by atoms with Gasteiger partial charge < -0.3 is 19.5 Å². The third-order valence-electron chi connectivity index (χ3n) is 7.95. The van der Waals surface area contributed by atoms with E-state index in [1.807, 2.05) is 12.1 Å². The largest absolute Gasteiger partial charge is 0.508 e. The quantitative estimate of drug-likeness (QED) is 0.430. The van der Waals surface area contributed by atoms with Gasteiger partial charge in [0.1, 0.15) is 18.1 Å². The molecule has 200 valence electrons. The highest BCUT2D eigenvalue weighted by molar-refractivity contribution is 5.37. The first kappa shape index (κ1) is 27.2. The second kappa shape index (κ2) is 12.6. The van der Waals surface area contributed by atoms with Gasteiger partial charge in [0.05, 0.1) is 7.11 Å². The molecule has 2 unspecified atom stereocenters. The number of allylic oxidation sites excluding steroid dienone is 1. The first-order valence-corrected chi connectivity index (χ1v) is 13.5. The van der Waals surface area contributed by atoms with Crippen molar-refractivity contribution in [2.24, 2.45) is 11.8 Å². The molecule has 0 aromatic heterocycles. The maximum Gasteiger partial charge on any atom is 0.165 e. The molecule has 0 amide bonds. The minimum atomic E-state index is -0.314. The van der Waals surface area contributed by atoms with E-state index in [1.165, 1.54) is 11.1 Å². The third-order valence-corrected chi connectivity index (χ3v) is 7.95. The van der Waals surface area contributed by atoms with Crippen molar-refractivity contribution in [3.63, 3.8) is 0 Å². The number of aromatic hydroxyl groups is 1. The molecule has 3 atom stereocenters. The van der Waals surface area contributed by atoms with Crippen LogP contribution in [0.2, 0.25) is 0 Å². The van der Waals surface area contributed by atoms with E-state index in [2.05, 4.69) is 55.0 Å². The number of hydrogen-bond acceptors (Lipinski definition) is 5. The van der Waals surface area contributed by atoms with E-state index in [0.29, 0.717) is 36.5 Å². The smallest absolute Gasteiger partial charge is 0.165 e. The maximum atomic E-state index is 14.9. The third kappa shape index (κ3) is 6.74. The number of halogens is 1. The Kier molecular flexibility index (Phi) is 9.28. The summed E-state index contributed by atoms with van der Waals surface area (Å²) in [6.45, 7) is 8.03. The first-order chi connectivity index (χ1) is 17.9. The number of phenolic OH excluding ortho intramolecular Hbond substituents is 1. The van der Waals surface area contributed by atoms with E-state index in [4.69, 9.17) is 9.47 Å². The highest BCUT2D eigenvalue weighted by Crippen LogP contribution is 2.37. The van der Waals surface area contributed by atoms with Crippen molar-refractivity contribution in [3.05, 3.63) is 82.9 Å². The molecule has 0 fully saturated rings. The molecular weight excluding hydrogens is 467 g/mol. The number of aryl methyl sites for hydroxylation is 1. The van der Waals surface area contributed by atoms with E-state index in [1.54, 1.807) is 25.3 Å². The van der Waals surface area contributed by atoms with Crippen LogP contribution in [0.25, 0.3) is 0 Å². The van der Waals surface area contributed by atoms with Gasteiger partial charge in [-0.15, -0.1) is 0 Å². The van der Waals surface area contributed by atoms with Gasteiger partial charge in [-0.1, -0.05) is 32.1 Å². The van der Waals surface area contributed by atoms with Gasteiger partial charge in [-0.05, 0) is 104 Å². The van der Waals surface area contributed by atoms with Crippen LogP contribution in [0.4, 0.5) is 4.39 Å². The predicted molar refractivity (Wildman–Crippen MR) is 146 cm³/mol. The van der Waals surface area contributed by atoms with Gasteiger partial charge in [0, 0.05) is 19.1 Å². The molecule has 0 aliphatic heterocycles. The standard InChI is InChI=1S/C31H41FN2O3/c1-5-34(6-2)15-16-37-31-14-7-22(17-29(31)32)21-33(3)30-20-27(36-4)12-13-28(30)25-9-8-24-19-26(35)11-10-23(24)18-25/h7,10-14,17,19-20,25,28,30,35H,5-6,8-9,15-16,18,21H2,1-4H3/t25-,28?,30?/m1/s1. The van der Waals surface area contributed by atoms with E-state index in [0.717, 1.165) is 50.2 Å². The van der Waals surface area contributed by atoms with Gasteiger partial charge in [-0.3, -0.25) is 4.90 Å². The molecule has 0 radical (unpaired) electrons. The van der Waals surface area contributed by atoms with Crippen molar-refractivity contribution in [3.8, 4) is 11.5 Å². The Bertz CT molecular complexity index is 1110. The fourth-order valence-electron chi connectivity index (χ4n) is 5.72. The molecule has 2 aromatic rings. The van der Waals surface area contributed by atoms with Crippen LogP contribution in [0, 0.1) is 17.7 Å². The Morgan fingerprint density at radius 3 is 2.62 bits per heavy atom. The predicted octanol–water partition coefficient (Wildman–Crippen LogP) is 5.57. The number of phenols is 1. The lowest BCUT2D eigenvalue weighted by Gasteiger charge is -2.39. The molecule has 0 bridgehead atoms. The lowest BCUT2D eigenvalue weighted by molar-refractivity contribution is 0.169. The molecule has 37 heavy (non-hydrogen) atoms. The Morgan fingerprint density at radius 1 is 1.08 bits per heavy atom. The van der Waals surface area contributed by atoms with E-state index < -0.39 is 0 Å². The van der Waals surface area contributed by atoms with Crippen LogP contribution in [0.15, 0.2) is 60.4 Å². The lowest BCUT2D eigenvalue weighted by Crippen LogP contribution is -2.41. The number of fused-ring (bicyclic) bond motifs is 1. The molecule has 0 saturated carbocycles. The number of ether oxygens (including phenoxy) is 2. The molecule has 0 spiro atoms. The van der Waals surface area contributed by atoms with Crippen LogP contribution in [-0.2, 0) is 24.1 Å². The Morgan fingerprint density at radius 2 is 1.89 bits per heavy atom. The van der Waals surface area contributed by atoms with Gasteiger partial charge in [0.25, 0.3) is 0 Å². The Hall–Kier alpha value is -2.83. The fraction of sp³-hybridized carbons (Fsp3) is 0.484. The summed E-state index contributed by atoms with van der Waals surface area (Å²) in [5, 5.41) is 9.86. The van der Waals surface area contributed by atoms with Gasteiger partial charge in [0.2, 0.25) is 0 Å². The molecule has 2 aromatic carbocycles. The SMILES string of the molecule is CCN(CC)CCOc1ccc(CN(C)C2C=C(OC)C=CC2[C@@H]2CCc3cc(O)ccc3C2)cc1F. The lowest BCUT2D eigenvalue weighted by atomic mass is 9.72. The van der Waals surface area contributed by atoms with Crippen molar-refractivity contribution in [1.82, 2.24) is 9.80 Å². The number of nitrogens with zero attached hydrogens (tertiary/aromatic N) is 2. The summed E-state index contributed by atoms with van der Waals surface area (Å²) in [5.74, 6) is 1.99. The molecular formula is C31H41FN2O3. The normalized spacial score (nSPS) is 21.2. The summed E-state index contributed by atoms with van der Waals surface area (Å²) >= 11 is 0. The van der Waals surface area contributed by atoms with E-state index in [-0.39, 0.29) is 11.9 Å². The summed E-state index contributed by atoms with van der Waals surface area (Å²) in [6.07, 6.45) is 9.57. The molecule has 1 N–H and O–H groups in total. The zero-order valence-electron chi connectivity index (χ0n) is 22.6. The van der Waals surface area contributed by atoms with Crippen LogP contribution in [-0.4, -0.2) is 61.3 Å². The number of rotatable bonds is 11. The van der Waals surface area contributed by atoms with Gasteiger partial charge in [-0.25, -0.2) is 4.39 Å². The highest BCUT2D eigenvalue weighted by atomic mass is 19.1. The monoisotopic (exact) mass is 508 g/mol. The summed E-state index contributed by atoms with van der Waals surface area (Å²) in [7, 11) is 3.80. The van der Waals surface area contributed by atoms with Crippen molar-refractivity contribution < 1.29 is 19.0 Å². The molecule has 2 aliphatic rings. The van der Waals surface area contributed by atoms with Crippen molar-refractivity contribution in [2.75, 3.05) is 40.4 Å². The van der Waals surface area contributed by atoms with Crippen molar-refractivity contribution in [2.45, 2.75) is 45.7 Å². The van der Waals surface area contributed by atoms with Crippen molar-refractivity contribution in [1.29, 1.82) is 0 Å². The number of methoxy groups -OCH3 is 1. The zero-order valence-corrected chi connectivity index (χ0v) is 22.6. The van der Waals surface area contributed by atoms with Gasteiger partial charge >= 0.3 is 0 Å². The topological polar surface area (TPSA) is 45.2 Å². The zero-order chi connectivity index (χ0) is 26.4. The van der Waals surface area contributed by atoms with Crippen LogP contribution in [0.3, 0.4) is 0 Å². The second-order valence-electron chi connectivity index (χ2n) is 10.2. The first-order valence-electron chi connectivity index (χ1n) is 13.5. The maximum absolute atomic E-state index is 14.9. The van der Waals surface area contributed by atoms with Crippen LogP contribution in [0.5, 0.6) is 11.5 Å². The average molecular weight is 509 g/mol. The van der Waals surface area contributed by atoms with Crippen LogP contribution < -0.4 is 4.74 Å². The van der Waals surface area contributed by atoms with Crippen molar-refractivity contribution >= 4 is 0 Å². The van der Waals surface area contributed by atoms with Crippen LogP contribution >= 0.6 is 0 Å².